The average Bonchev–Trinajstić information content (AvgIpc) is 3.00. The Labute approximate surface area is 130 Å². The van der Waals surface area contributed by atoms with Crippen molar-refractivity contribution in [2.75, 3.05) is 20.2 Å². The fraction of sp³-hybridized carbons (Fsp3) is 0.353. The average molecular weight is 303 g/mol. The van der Waals surface area contributed by atoms with Crippen molar-refractivity contribution in [1.29, 1.82) is 0 Å². The van der Waals surface area contributed by atoms with E-state index in [1.807, 2.05) is 44.3 Å². The quantitative estimate of drug-likeness (QED) is 0.784. The smallest absolute Gasteiger partial charge is 0.226 e. The van der Waals surface area contributed by atoms with Gasteiger partial charge < -0.3 is 9.64 Å². The molecule has 4 heteroatoms. The van der Waals surface area contributed by atoms with E-state index < -0.39 is 0 Å². The van der Waals surface area contributed by atoms with Gasteiger partial charge in [-0.1, -0.05) is 18.2 Å². The maximum atomic E-state index is 12.2. The van der Waals surface area contributed by atoms with Crippen LogP contribution in [0.3, 0.4) is 0 Å². The highest BCUT2D eigenvalue weighted by molar-refractivity contribution is 7.09. The molecule has 21 heavy (non-hydrogen) atoms. The number of amides is 1. The lowest BCUT2D eigenvalue weighted by Gasteiger charge is -2.16. The van der Waals surface area contributed by atoms with Gasteiger partial charge >= 0.3 is 0 Å². The number of ether oxygens (including phenoxy) is 1. The fourth-order valence-corrected chi connectivity index (χ4v) is 2.74. The molecule has 0 N–H and O–H groups in total. The van der Waals surface area contributed by atoms with Crippen LogP contribution in [0.5, 0.6) is 5.75 Å². The highest BCUT2D eigenvalue weighted by atomic mass is 32.1. The zero-order valence-corrected chi connectivity index (χ0v) is 13.4. The summed E-state index contributed by atoms with van der Waals surface area (Å²) in [4.78, 5) is 15.3. The molecule has 0 aliphatic heterocycles. The molecule has 0 radical (unpaired) electrons. The van der Waals surface area contributed by atoms with E-state index in [9.17, 15) is 4.79 Å². The van der Waals surface area contributed by atoms with E-state index in [1.165, 1.54) is 4.88 Å². The van der Waals surface area contributed by atoms with Gasteiger partial charge in [0.05, 0.1) is 13.0 Å². The van der Waals surface area contributed by atoms with Crippen molar-refractivity contribution in [2.24, 2.45) is 0 Å². The Morgan fingerprint density at radius 2 is 2.00 bits per heavy atom. The third-order valence-corrected chi connectivity index (χ3v) is 4.23. The number of likely N-dealkylation sites (N-methyl/N-ethyl adjacent to an activating group) is 1. The fourth-order valence-electron chi connectivity index (χ4n) is 2.04. The first-order valence-electron chi connectivity index (χ1n) is 7.17. The molecule has 0 spiro atoms. The van der Waals surface area contributed by atoms with Crippen molar-refractivity contribution in [1.82, 2.24) is 4.90 Å². The predicted octanol–water partition coefficient (Wildman–Crippen LogP) is 3.39. The molecule has 1 aromatic carbocycles. The number of hydrogen-bond acceptors (Lipinski definition) is 3. The second kappa shape index (κ2) is 7.84. The number of thiophene rings is 1. The van der Waals surface area contributed by atoms with Crippen molar-refractivity contribution in [2.45, 2.75) is 19.8 Å². The first-order chi connectivity index (χ1) is 10.2. The number of rotatable bonds is 7. The number of nitrogens with zero attached hydrogens (tertiary/aromatic N) is 1. The number of carbonyl (C=O) groups excluding carboxylic acids is 1. The SMILES string of the molecule is CCOc1ccc(CC(=O)N(C)CCc2cccs2)cc1. The van der Waals surface area contributed by atoms with Gasteiger partial charge in [0.2, 0.25) is 5.91 Å². The molecule has 1 amide bonds. The van der Waals surface area contributed by atoms with Crippen molar-refractivity contribution in [3.63, 3.8) is 0 Å². The largest absolute Gasteiger partial charge is 0.494 e. The highest BCUT2D eigenvalue weighted by Gasteiger charge is 2.10. The Kier molecular flexibility index (Phi) is 5.81. The van der Waals surface area contributed by atoms with Crippen LogP contribution in [0.2, 0.25) is 0 Å². The predicted molar refractivity (Wildman–Crippen MR) is 87.0 cm³/mol. The third-order valence-electron chi connectivity index (χ3n) is 3.29. The molecule has 0 atom stereocenters. The van der Waals surface area contributed by atoms with E-state index in [0.717, 1.165) is 24.3 Å². The van der Waals surface area contributed by atoms with Crippen LogP contribution in [0.4, 0.5) is 0 Å². The summed E-state index contributed by atoms with van der Waals surface area (Å²) < 4.78 is 5.40. The highest BCUT2D eigenvalue weighted by Crippen LogP contribution is 2.13. The van der Waals surface area contributed by atoms with Crippen molar-refractivity contribution in [3.8, 4) is 5.75 Å². The Morgan fingerprint density at radius 1 is 1.24 bits per heavy atom. The first kappa shape index (κ1) is 15.6. The first-order valence-corrected chi connectivity index (χ1v) is 8.05. The molecule has 0 unspecified atom stereocenters. The Bertz CT molecular complexity index is 549. The lowest BCUT2D eigenvalue weighted by atomic mass is 10.1. The van der Waals surface area contributed by atoms with Crippen LogP contribution in [0.15, 0.2) is 41.8 Å². The van der Waals surface area contributed by atoms with Crippen LogP contribution in [0.1, 0.15) is 17.4 Å². The van der Waals surface area contributed by atoms with E-state index in [2.05, 4.69) is 11.4 Å². The zero-order valence-electron chi connectivity index (χ0n) is 12.5. The van der Waals surface area contributed by atoms with Gasteiger partial charge in [0, 0.05) is 18.5 Å². The van der Waals surface area contributed by atoms with E-state index in [0.29, 0.717) is 13.0 Å². The van der Waals surface area contributed by atoms with Gasteiger partial charge in [0.15, 0.2) is 0 Å². The van der Waals surface area contributed by atoms with Crippen LogP contribution in [-0.2, 0) is 17.6 Å². The van der Waals surface area contributed by atoms with Crippen molar-refractivity contribution >= 4 is 17.2 Å². The Hall–Kier alpha value is -1.81. The van der Waals surface area contributed by atoms with Gasteiger partial charge in [-0.15, -0.1) is 11.3 Å². The lowest BCUT2D eigenvalue weighted by molar-refractivity contribution is -0.129. The topological polar surface area (TPSA) is 29.5 Å². The molecule has 0 saturated carbocycles. The molecule has 2 rings (SSSR count). The molecular formula is C17H21NO2S. The van der Waals surface area contributed by atoms with Crippen molar-refractivity contribution < 1.29 is 9.53 Å². The van der Waals surface area contributed by atoms with Crippen LogP contribution in [0, 0.1) is 0 Å². The molecule has 0 aliphatic rings. The normalized spacial score (nSPS) is 10.4. The molecule has 0 aliphatic carbocycles. The summed E-state index contributed by atoms with van der Waals surface area (Å²) in [7, 11) is 1.87. The molecule has 2 aromatic rings. The maximum absolute atomic E-state index is 12.2. The van der Waals surface area contributed by atoms with Gasteiger partial charge in [-0.2, -0.15) is 0 Å². The van der Waals surface area contributed by atoms with Crippen LogP contribution in [0.25, 0.3) is 0 Å². The van der Waals surface area contributed by atoms with Gasteiger partial charge in [-0.3, -0.25) is 4.79 Å². The summed E-state index contributed by atoms with van der Waals surface area (Å²) in [5.74, 6) is 0.996. The lowest BCUT2D eigenvalue weighted by Crippen LogP contribution is -2.30. The minimum atomic E-state index is 0.149. The van der Waals surface area contributed by atoms with E-state index >= 15 is 0 Å². The zero-order chi connectivity index (χ0) is 15.1. The van der Waals surface area contributed by atoms with Gasteiger partial charge in [-0.05, 0) is 42.5 Å². The second-order valence-electron chi connectivity index (χ2n) is 4.90. The molecule has 1 aromatic heterocycles. The molecular weight excluding hydrogens is 282 g/mol. The minimum absolute atomic E-state index is 0.149. The molecule has 0 saturated heterocycles. The summed E-state index contributed by atoms with van der Waals surface area (Å²) in [6.45, 7) is 3.38. The monoisotopic (exact) mass is 303 g/mol. The van der Waals surface area contributed by atoms with E-state index in [1.54, 1.807) is 16.2 Å². The summed E-state index contributed by atoms with van der Waals surface area (Å²) in [6.07, 6.45) is 1.36. The molecule has 3 nitrogen and oxygen atoms in total. The summed E-state index contributed by atoms with van der Waals surface area (Å²) >= 11 is 1.73. The Morgan fingerprint density at radius 3 is 2.62 bits per heavy atom. The third kappa shape index (κ3) is 4.90. The number of benzene rings is 1. The molecule has 0 bridgehead atoms. The second-order valence-corrected chi connectivity index (χ2v) is 5.93. The molecule has 0 fully saturated rings. The van der Waals surface area contributed by atoms with Crippen LogP contribution < -0.4 is 4.74 Å². The maximum Gasteiger partial charge on any atom is 0.226 e. The van der Waals surface area contributed by atoms with Crippen molar-refractivity contribution in [3.05, 3.63) is 52.2 Å². The summed E-state index contributed by atoms with van der Waals surface area (Å²) in [5.41, 5.74) is 1.02. The van der Waals surface area contributed by atoms with Crippen LogP contribution in [-0.4, -0.2) is 31.0 Å². The van der Waals surface area contributed by atoms with Gasteiger partial charge in [-0.25, -0.2) is 0 Å². The van der Waals surface area contributed by atoms with Crippen LogP contribution >= 0.6 is 11.3 Å². The summed E-state index contributed by atoms with van der Waals surface area (Å²) in [5, 5.41) is 2.07. The van der Waals surface area contributed by atoms with Gasteiger partial charge in [0.1, 0.15) is 5.75 Å². The minimum Gasteiger partial charge on any atom is -0.494 e. The standard InChI is InChI=1S/C17H21NO2S/c1-3-20-15-8-6-14(7-9-15)13-17(19)18(2)11-10-16-5-4-12-21-16/h4-9,12H,3,10-11,13H2,1-2H3. The number of carbonyl (C=O) groups is 1. The van der Waals surface area contributed by atoms with E-state index in [4.69, 9.17) is 4.74 Å². The van der Waals surface area contributed by atoms with Gasteiger partial charge in [0.25, 0.3) is 0 Å². The molecule has 1 heterocycles. The summed E-state index contributed by atoms with van der Waals surface area (Å²) in [6, 6.07) is 11.9. The van der Waals surface area contributed by atoms with E-state index in [-0.39, 0.29) is 5.91 Å². The Balaban J connectivity index is 1.82. The molecule has 112 valence electrons. The number of hydrogen-bond donors (Lipinski definition) is 0.